The fourth-order valence-corrected chi connectivity index (χ4v) is 2.02. The molecule has 0 saturated heterocycles. The van der Waals surface area contributed by atoms with Gasteiger partial charge in [-0.15, -0.1) is 0 Å². The number of methoxy groups -OCH3 is 2. The summed E-state index contributed by atoms with van der Waals surface area (Å²) in [6, 6.07) is 1.87. The zero-order valence-corrected chi connectivity index (χ0v) is 10.9. The molecule has 0 aliphatic carbocycles. The van der Waals surface area contributed by atoms with E-state index in [-0.39, 0.29) is 5.92 Å². The van der Waals surface area contributed by atoms with Gasteiger partial charge in [0.2, 0.25) is 0 Å². The zero-order chi connectivity index (χ0) is 12.3. The first-order valence-electron chi connectivity index (χ1n) is 5.17. The van der Waals surface area contributed by atoms with Crippen LogP contribution in [-0.4, -0.2) is 20.8 Å². The van der Waals surface area contributed by atoms with Gasteiger partial charge in [0.15, 0.2) is 11.5 Å². The Balaban J connectivity index is 3.46. The number of hydrogen-bond donors (Lipinski definition) is 1. The van der Waals surface area contributed by atoms with E-state index in [0.717, 1.165) is 11.1 Å². The van der Waals surface area contributed by atoms with Crippen molar-refractivity contribution >= 4 is 11.6 Å². The van der Waals surface area contributed by atoms with E-state index in [0.29, 0.717) is 23.1 Å². The Morgan fingerprint density at radius 2 is 2.00 bits per heavy atom. The highest BCUT2D eigenvalue weighted by atomic mass is 35.5. The predicted molar refractivity (Wildman–Crippen MR) is 66.8 cm³/mol. The first kappa shape index (κ1) is 13.1. The van der Waals surface area contributed by atoms with E-state index in [9.17, 15) is 0 Å². The van der Waals surface area contributed by atoms with Gasteiger partial charge in [0.1, 0.15) is 0 Å². The number of benzene rings is 1. The van der Waals surface area contributed by atoms with Crippen molar-refractivity contribution < 1.29 is 9.47 Å². The van der Waals surface area contributed by atoms with E-state index in [1.54, 1.807) is 14.2 Å². The minimum Gasteiger partial charge on any atom is -0.493 e. The second kappa shape index (κ2) is 5.41. The standard InChI is InChI=1S/C12H18ClNO2/c1-7-5-9(15-3)12(16-4)10(11(7)13)8(2)6-14/h5,8H,6,14H2,1-4H3. The van der Waals surface area contributed by atoms with Crippen molar-refractivity contribution in [1.82, 2.24) is 0 Å². The van der Waals surface area contributed by atoms with Crippen LogP contribution in [0.4, 0.5) is 0 Å². The monoisotopic (exact) mass is 243 g/mol. The molecule has 0 aliphatic rings. The number of nitrogens with two attached hydrogens (primary N) is 1. The van der Waals surface area contributed by atoms with Gasteiger partial charge in [-0.2, -0.15) is 0 Å². The van der Waals surface area contributed by atoms with Crippen molar-refractivity contribution in [3.8, 4) is 11.5 Å². The molecule has 0 spiro atoms. The lowest BCUT2D eigenvalue weighted by atomic mass is 9.97. The molecule has 0 amide bonds. The van der Waals surface area contributed by atoms with Crippen LogP contribution in [-0.2, 0) is 0 Å². The number of ether oxygens (including phenoxy) is 2. The molecular weight excluding hydrogens is 226 g/mol. The second-order valence-electron chi connectivity index (χ2n) is 3.79. The highest BCUT2D eigenvalue weighted by Crippen LogP contribution is 2.42. The predicted octanol–water partition coefficient (Wildman–Crippen LogP) is 2.73. The summed E-state index contributed by atoms with van der Waals surface area (Å²) in [5.74, 6) is 1.51. The number of halogens is 1. The van der Waals surface area contributed by atoms with E-state index in [1.165, 1.54) is 0 Å². The number of aryl methyl sites for hydroxylation is 1. The van der Waals surface area contributed by atoms with Gasteiger partial charge in [-0.25, -0.2) is 0 Å². The van der Waals surface area contributed by atoms with Crippen LogP contribution in [0.1, 0.15) is 24.0 Å². The Bertz CT molecular complexity index is 380. The molecule has 1 aromatic carbocycles. The molecule has 3 nitrogen and oxygen atoms in total. The molecule has 16 heavy (non-hydrogen) atoms. The Kier molecular flexibility index (Phi) is 4.44. The topological polar surface area (TPSA) is 44.5 Å². The third-order valence-electron chi connectivity index (χ3n) is 2.67. The summed E-state index contributed by atoms with van der Waals surface area (Å²) in [5, 5.41) is 0.704. The zero-order valence-electron chi connectivity index (χ0n) is 10.1. The second-order valence-corrected chi connectivity index (χ2v) is 4.17. The van der Waals surface area contributed by atoms with Crippen LogP contribution in [0.15, 0.2) is 6.07 Å². The smallest absolute Gasteiger partial charge is 0.165 e. The fraction of sp³-hybridized carbons (Fsp3) is 0.500. The van der Waals surface area contributed by atoms with Crippen molar-refractivity contribution in [2.24, 2.45) is 5.73 Å². The SMILES string of the molecule is COc1cc(C)c(Cl)c(C(C)CN)c1OC. The molecule has 90 valence electrons. The summed E-state index contributed by atoms with van der Waals surface area (Å²) in [4.78, 5) is 0. The first-order valence-corrected chi connectivity index (χ1v) is 5.55. The first-order chi connectivity index (χ1) is 7.56. The molecule has 0 radical (unpaired) electrons. The van der Waals surface area contributed by atoms with Crippen molar-refractivity contribution in [3.63, 3.8) is 0 Å². The summed E-state index contributed by atoms with van der Waals surface area (Å²) in [6.07, 6.45) is 0. The van der Waals surface area contributed by atoms with Gasteiger partial charge in [0, 0.05) is 5.56 Å². The molecule has 0 bridgehead atoms. The van der Waals surface area contributed by atoms with Crippen LogP contribution in [0, 0.1) is 6.92 Å². The van der Waals surface area contributed by atoms with E-state index >= 15 is 0 Å². The van der Waals surface area contributed by atoms with Crippen molar-refractivity contribution in [2.45, 2.75) is 19.8 Å². The molecule has 1 unspecified atom stereocenters. The van der Waals surface area contributed by atoms with Crippen LogP contribution in [0.5, 0.6) is 11.5 Å². The lowest BCUT2D eigenvalue weighted by Crippen LogP contribution is -2.11. The quantitative estimate of drug-likeness (QED) is 0.885. The maximum absolute atomic E-state index is 6.29. The minimum atomic E-state index is 0.135. The van der Waals surface area contributed by atoms with Crippen LogP contribution < -0.4 is 15.2 Å². The maximum atomic E-state index is 6.29. The highest BCUT2D eigenvalue weighted by molar-refractivity contribution is 6.32. The van der Waals surface area contributed by atoms with Crippen molar-refractivity contribution in [1.29, 1.82) is 0 Å². The van der Waals surface area contributed by atoms with Gasteiger partial charge >= 0.3 is 0 Å². The van der Waals surface area contributed by atoms with Crippen LogP contribution >= 0.6 is 11.6 Å². The third-order valence-corrected chi connectivity index (χ3v) is 3.17. The molecule has 0 saturated carbocycles. The molecule has 1 rings (SSSR count). The van der Waals surface area contributed by atoms with Gasteiger partial charge in [0.05, 0.1) is 19.2 Å². The maximum Gasteiger partial charge on any atom is 0.165 e. The Labute approximate surface area is 101 Å². The summed E-state index contributed by atoms with van der Waals surface area (Å²) in [7, 11) is 3.22. The molecule has 0 heterocycles. The summed E-state index contributed by atoms with van der Waals surface area (Å²) < 4.78 is 10.6. The summed E-state index contributed by atoms with van der Waals surface area (Å²) >= 11 is 6.29. The molecule has 1 aromatic rings. The minimum absolute atomic E-state index is 0.135. The van der Waals surface area contributed by atoms with Gasteiger partial charge in [-0.1, -0.05) is 18.5 Å². The number of rotatable bonds is 4. The van der Waals surface area contributed by atoms with Crippen LogP contribution in [0.25, 0.3) is 0 Å². The average molecular weight is 244 g/mol. The molecule has 0 aromatic heterocycles. The molecule has 0 fully saturated rings. The van der Waals surface area contributed by atoms with Crippen LogP contribution in [0.3, 0.4) is 0 Å². The van der Waals surface area contributed by atoms with Crippen molar-refractivity contribution in [2.75, 3.05) is 20.8 Å². The van der Waals surface area contributed by atoms with Gasteiger partial charge in [0.25, 0.3) is 0 Å². The lowest BCUT2D eigenvalue weighted by molar-refractivity contribution is 0.349. The fourth-order valence-electron chi connectivity index (χ4n) is 1.69. The normalized spacial score (nSPS) is 12.4. The largest absolute Gasteiger partial charge is 0.493 e. The summed E-state index contributed by atoms with van der Waals surface area (Å²) in [5.41, 5.74) is 7.57. The number of hydrogen-bond acceptors (Lipinski definition) is 3. The van der Waals surface area contributed by atoms with E-state index in [1.807, 2.05) is 19.9 Å². The lowest BCUT2D eigenvalue weighted by Gasteiger charge is -2.19. The molecule has 4 heteroatoms. The molecule has 2 N–H and O–H groups in total. The Morgan fingerprint density at radius 1 is 1.38 bits per heavy atom. The Morgan fingerprint density at radius 3 is 2.44 bits per heavy atom. The third kappa shape index (κ3) is 2.25. The highest BCUT2D eigenvalue weighted by Gasteiger charge is 2.20. The van der Waals surface area contributed by atoms with Gasteiger partial charge in [-0.3, -0.25) is 0 Å². The van der Waals surface area contributed by atoms with E-state index in [4.69, 9.17) is 26.8 Å². The van der Waals surface area contributed by atoms with Crippen molar-refractivity contribution in [3.05, 3.63) is 22.2 Å². The molecule has 1 atom stereocenters. The van der Waals surface area contributed by atoms with Gasteiger partial charge < -0.3 is 15.2 Å². The van der Waals surface area contributed by atoms with Crippen LogP contribution in [0.2, 0.25) is 5.02 Å². The van der Waals surface area contributed by atoms with Gasteiger partial charge in [-0.05, 0) is 31.0 Å². The van der Waals surface area contributed by atoms with E-state index in [2.05, 4.69) is 0 Å². The molecule has 0 aliphatic heterocycles. The average Bonchev–Trinajstić information content (AvgIpc) is 2.30. The molecular formula is C12H18ClNO2. The van der Waals surface area contributed by atoms with E-state index < -0.39 is 0 Å². The summed E-state index contributed by atoms with van der Waals surface area (Å²) in [6.45, 7) is 4.47. The Hall–Kier alpha value is -0.930.